The molecule has 1 aromatic carbocycles. The molecule has 0 amide bonds. The number of anilines is 2. The van der Waals surface area contributed by atoms with E-state index < -0.39 is 0 Å². The third-order valence-corrected chi connectivity index (χ3v) is 3.57. The normalized spacial score (nSPS) is 20.6. The van der Waals surface area contributed by atoms with Crippen molar-refractivity contribution in [2.45, 2.75) is 31.7 Å². The standard InChI is InChI=1S/C14H22N2O2/c1-18-14-8-11(15)7-13(9-14)16-6-4-2-3-5-12(16)10-17/h7-9,12,17H,2-6,10,15H2,1H3. The van der Waals surface area contributed by atoms with Gasteiger partial charge < -0.3 is 20.5 Å². The molecule has 0 bridgehead atoms. The minimum Gasteiger partial charge on any atom is -0.497 e. The Labute approximate surface area is 108 Å². The Balaban J connectivity index is 2.29. The van der Waals surface area contributed by atoms with Gasteiger partial charge in [-0.25, -0.2) is 0 Å². The van der Waals surface area contributed by atoms with Gasteiger partial charge in [-0.3, -0.25) is 0 Å². The predicted octanol–water partition coefficient (Wildman–Crippen LogP) is 2.02. The SMILES string of the molecule is COc1cc(N)cc(N2CCCCCC2CO)c1. The molecule has 2 rings (SSSR count). The third kappa shape index (κ3) is 2.88. The minimum absolute atomic E-state index is 0.192. The van der Waals surface area contributed by atoms with Crippen LogP contribution in [-0.4, -0.2) is 31.4 Å². The van der Waals surface area contributed by atoms with Crippen molar-refractivity contribution in [2.24, 2.45) is 0 Å². The van der Waals surface area contributed by atoms with Gasteiger partial charge in [0.25, 0.3) is 0 Å². The van der Waals surface area contributed by atoms with Crippen LogP contribution in [0.3, 0.4) is 0 Å². The van der Waals surface area contributed by atoms with Gasteiger partial charge in [0.05, 0.1) is 19.8 Å². The van der Waals surface area contributed by atoms with Gasteiger partial charge >= 0.3 is 0 Å². The Morgan fingerprint density at radius 1 is 1.33 bits per heavy atom. The van der Waals surface area contributed by atoms with Crippen LogP contribution in [0.5, 0.6) is 5.75 Å². The summed E-state index contributed by atoms with van der Waals surface area (Å²) in [5, 5.41) is 9.54. The number of nitrogen functional groups attached to an aromatic ring is 1. The molecule has 1 aromatic rings. The molecule has 0 saturated carbocycles. The molecule has 4 nitrogen and oxygen atoms in total. The molecule has 4 heteroatoms. The van der Waals surface area contributed by atoms with Gasteiger partial charge in [-0.2, -0.15) is 0 Å². The first-order valence-corrected chi connectivity index (χ1v) is 6.56. The summed E-state index contributed by atoms with van der Waals surface area (Å²) in [5.41, 5.74) is 7.65. The second-order valence-corrected chi connectivity index (χ2v) is 4.84. The Morgan fingerprint density at radius 3 is 2.89 bits per heavy atom. The molecule has 1 aliphatic rings. The van der Waals surface area contributed by atoms with Gasteiger partial charge in [0, 0.05) is 30.1 Å². The molecule has 1 unspecified atom stereocenters. The Kier molecular flexibility index (Phi) is 4.31. The highest BCUT2D eigenvalue weighted by Crippen LogP contribution is 2.29. The summed E-state index contributed by atoms with van der Waals surface area (Å²) in [7, 11) is 1.64. The molecule has 100 valence electrons. The summed E-state index contributed by atoms with van der Waals surface area (Å²) in [6.07, 6.45) is 4.61. The van der Waals surface area contributed by atoms with Crippen LogP contribution in [0.4, 0.5) is 11.4 Å². The average molecular weight is 250 g/mol. The predicted molar refractivity (Wildman–Crippen MR) is 74.1 cm³/mol. The average Bonchev–Trinajstić information content (AvgIpc) is 2.62. The highest BCUT2D eigenvalue weighted by Gasteiger charge is 2.21. The van der Waals surface area contributed by atoms with Gasteiger partial charge in [-0.05, 0) is 18.9 Å². The minimum atomic E-state index is 0.192. The molecule has 18 heavy (non-hydrogen) atoms. The van der Waals surface area contributed by atoms with Gasteiger partial charge in [-0.15, -0.1) is 0 Å². The van der Waals surface area contributed by atoms with Crippen LogP contribution >= 0.6 is 0 Å². The van der Waals surface area contributed by atoms with Crippen LogP contribution in [0.1, 0.15) is 25.7 Å². The summed E-state index contributed by atoms with van der Waals surface area (Å²) in [4.78, 5) is 2.26. The van der Waals surface area contributed by atoms with Gasteiger partial charge in [0.2, 0.25) is 0 Å². The van der Waals surface area contributed by atoms with Crippen molar-refractivity contribution >= 4 is 11.4 Å². The Hall–Kier alpha value is -1.42. The summed E-state index contributed by atoms with van der Waals surface area (Å²) >= 11 is 0. The third-order valence-electron chi connectivity index (χ3n) is 3.57. The lowest BCUT2D eigenvalue weighted by Crippen LogP contribution is -2.37. The molecular weight excluding hydrogens is 228 g/mol. The number of ether oxygens (including phenoxy) is 1. The topological polar surface area (TPSA) is 58.7 Å². The van der Waals surface area contributed by atoms with Gasteiger partial charge in [0.15, 0.2) is 0 Å². The van der Waals surface area contributed by atoms with Crippen molar-refractivity contribution in [3.05, 3.63) is 18.2 Å². The van der Waals surface area contributed by atoms with Crippen LogP contribution in [0.25, 0.3) is 0 Å². The highest BCUT2D eigenvalue weighted by atomic mass is 16.5. The maximum atomic E-state index is 9.54. The van der Waals surface area contributed by atoms with E-state index in [4.69, 9.17) is 10.5 Å². The zero-order chi connectivity index (χ0) is 13.0. The molecular formula is C14H22N2O2. The molecule has 1 fully saturated rings. The van der Waals surface area contributed by atoms with E-state index in [0.29, 0.717) is 5.69 Å². The maximum absolute atomic E-state index is 9.54. The zero-order valence-corrected chi connectivity index (χ0v) is 10.9. The largest absolute Gasteiger partial charge is 0.497 e. The molecule has 1 heterocycles. The molecule has 0 radical (unpaired) electrons. The van der Waals surface area contributed by atoms with Crippen LogP contribution in [-0.2, 0) is 0 Å². The summed E-state index contributed by atoms with van der Waals surface area (Å²) < 4.78 is 5.26. The number of benzene rings is 1. The number of methoxy groups -OCH3 is 1. The van der Waals surface area contributed by atoms with Crippen LogP contribution < -0.4 is 15.4 Å². The molecule has 1 atom stereocenters. The number of aliphatic hydroxyl groups is 1. The molecule has 0 aliphatic carbocycles. The van der Waals surface area contributed by atoms with Crippen molar-refractivity contribution < 1.29 is 9.84 Å². The summed E-state index contributed by atoms with van der Waals surface area (Å²) in [5.74, 6) is 0.769. The summed E-state index contributed by atoms with van der Waals surface area (Å²) in [6.45, 7) is 1.16. The molecule has 0 aromatic heterocycles. The number of hydrogen-bond donors (Lipinski definition) is 2. The van der Waals surface area contributed by atoms with Crippen molar-refractivity contribution in [1.29, 1.82) is 0 Å². The van der Waals surface area contributed by atoms with E-state index in [2.05, 4.69) is 4.90 Å². The second-order valence-electron chi connectivity index (χ2n) is 4.84. The van der Waals surface area contributed by atoms with Crippen LogP contribution in [0.15, 0.2) is 18.2 Å². The first-order chi connectivity index (χ1) is 8.74. The number of aliphatic hydroxyl groups excluding tert-OH is 1. The van der Waals surface area contributed by atoms with E-state index in [-0.39, 0.29) is 12.6 Å². The molecule has 0 spiro atoms. The Bertz CT molecular complexity index is 395. The smallest absolute Gasteiger partial charge is 0.122 e. The maximum Gasteiger partial charge on any atom is 0.122 e. The quantitative estimate of drug-likeness (QED) is 0.806. The lowest BCUT2D eigenvalue weighted by molar-refractivity contribution is 0.255. The van der Waals surface area contributed by atoms with Crippen LogP contribution in [0, 0.1) is 0 Å². The number of nitrogens with two attached hydrogens (primary N) is 1. The van der Waals surface area contributed by atoms with Crippen molar-refractivity contribution in [1.82, 2.24) is 0 Å². The van der Waals surface area contributed by atoms with E-state index >= 15 is 0 Å². The zero-order valence-electron chi connectivity index (χ0n) is 10.9. The van der Waals surface area contributed by atoms with Crippen molar-refractivity contribution in [2.75, 3.05) is 30.9 Å². The van der Waals surface area contributed by atoms with Gasteiger partial charge in [0.1, 0.15) is 5.75 Å². The lowest BCUT2D eigenvalue weighted by Gasteiger charge is -2.31. The van der Waals surface area contributed by atoms with Crippen LogP contribution in [0.2, 0.25) is 0 Å². The lowest BCUT2D eigenvalue weighted by atomic mass is 10.1. The number of rotatable bonds is 3. The van der Waals surface area contributed by atoms with E-state index in [1.54, 1.807) is 7.11 Å². The molecule has 3 N–H and O–H groups in total. The highest BCUT2D eigenvalue weighted by molar-refractivity contribution is 5.61. The fourth-order valence-corrected chi connectivity index (χ4v) is 2.60. The van der Waals surface area contributed by atoms with Gasteiger partial charge in [-0.1, -0.05) is 12.8 Å². The van der Waals surface area contributed by atoms with E-state index in [0.717, 1.165) is 30.8 Å². The Morgan fingerprint density at radius 2 is 2.17 bits per heavy atom. The molecule has 1 aliphatic heterocycles. The van der Waals surface area contributed by atoms with Crippen molar-refractivity contribution in [3.8, 4) is 5.75 Å². The fourth-order valence-electron chi connectivity index (χ4n) is 2.60. The molecule has 1 saturated heterocycles. The van der Waals surface area contributed by atoms with E-state index in [9.17, 15) is 5.11 Å². The van der Waals surface area contributed by atoms with Crippen molar-refractivity contribution in [3.63, 3.8) is 0 Å². The number of nitrogens with zero attached hydrogens (tertiary/aromatic N) is 1. The first-order valence-electron chi connectivity index (χ1n) is 6.56. The summed E-state index contributed by atoms with van der Waals surface area (Å²) in [6, 6.07) is 5.95. The van der Waals surface area contributed by atoms with E-state index in [1.165, 1.54) is 12.8 Å². The number of hydrogen-bond acceptors (Lipinski definition) is 4. The van der Waals surface area contributed by atoms with E-state index in [1.807, 2.05) is 18.2 Å². The second kappa shape index (κ2) is 5.96. The first kappa shape index (κ1) is 13.0. The monoisotopic (exact) mass is 250 g/mol. The fraction of sp³-hybridized carbons (Fsp3) is 0.571.